The van der Waals surface area contributed by atoms with Gasteiger partial charge in [0.25, 0.3) is 5.91 Å². The van der Waals surface area contributed by atoms with Gasteiger partial charge >= 0.3 is 0 Å². The Balaban J connectivity index is 1.88. The van der Waals surface area contributed by atoms with Crippen LogP contribution in [-0.2, 0) is 12.0 Å². The Hall–Kier alpha value is -2.81. The maximum atomic E-state index is 13.0. The second-order valence-corrected chi connectivity index (χ2v) is 5.83. The second-order valence-electron chi connectivity index (χ2n) is 5.83. The number of furan rings is 1. The molecule has 0 spiro atoms. The van der Waals surface area contributed by atoms with Crippen LogP contribution in [0.2, 0.25) is 0 Å². The lowest BCUT2D eigenvalue weighted by atomic mass is 9.84. The fourth-order valence-corrected chi connectivity index (χ4v) is 3.93. The normalized spacial score (nSPS) is 21.6. The summed E-state index contributed by atoms with van der Waals surface area (Å²) in [5.74, 6) is 0.874. The summed E-state index contributed by atoms with van der Waals surface area (Å²) in [4.78, 5) is 14.9. The van der Waals surface area contributed by atoms with Gasteiger partial charge in [-0.2, -0.15) is 0 Å². The molecule has 5 rings (SSSR count). The van der Waals surface area contributed by atoms with E-state index in [2.05, 4.69) is 6.07 Å². The third-order valence-corrected chi connectivity index (χ3v) is 4.80. The van der Waals surface area contributed by atoms with E-state index in [0.29, 0.717) is 0 Å². The number of carbonyl (C=O) groups is 1. The van der Waals surface area contributed by atoms with Crippen molar-refractivity contribution in [2.24, 2.45) is 0 Å². The SMILES string of the molecule is O=C1c2ccccc2[C@@]2(c3ccco3)Cc3ccccc3N12. The highest BCUT2D eigenvalue weighted by Crippen LogP contribution is 2.54. The fourth-order valence-electron chi connectivity index (χ4n) is 3.93. The first-order valence-electron chi connectivity index (χ1n) is 7.38. The number of nitrogens with zero attached hydrogens (tertiary/aromatic N) is 1. The van der Waals surface area contributed by atoms with Gasteiger partial charge in [-0.05, 0) is 35.4 Å². The molecule has 0 radical (unpaired) electrons. The van der Waals surface area contributed by atoms with Crippen molar-refractivity contribution in [3.63, 3.8) is 0 Å². The molecule has 2 aliphatic rings. The van der Waals surface area contributed by atoms with Gasteiger partial charge in [-0.3, -0.25) is 9.69 Å². The number of anilines is 1. The van der Waals surface area contributed by atoms with E-state index in [1.807, 2.05) is 59.5 Å². The van der Waals surface area contributed by atoms with Crippen molar-refractivity contribution in [3.8, 4) is 0 Å². The van der Waals surface area contributed by atoms with Gasteiger partial charge in [0.1, 0.15) is 11.3 Å². The molecule has 106 valence electrons. The zero-order valence-electron chi connectivity index (χ0n) is 11.8. The first-order chi connectivity index (χ1) is 10.8. The van der Waals surface area contributed by atoms with Crippen LogP contribution >= 0.6 is 0 Å². The molecule has 0 fully saturated rings. The van der Waals surface area contributed by atoms with E-state index >= 15 is 0 Å². The van der Waals surface area contributed by atoms with E-state index in [1.54, 1.807) is 6.26 Å². The summed E-state index contributed by atoms with van der Waals surface area (Å²) in [6, 6.07) is 19.8. The number of carbonyl (C=O) groups excluding carboxylic acids is 1. The van der Waals surface area contributed by atoms with Crippen LogP contribution in [0.1, 0.15) is 27.2 Å². The number of hydrogen-bond acceptors (Lipinski definition) is 2. The predicted molar refractivity (Wildman–Crippen MR) is 82.9 cm³/mol. The molecule has 3 heterocycles. The van der Waals surface area contributed by atoms with Gasteiger partial charge in [-0.1, -0.05) is 36.4 Å². The molecule has 1 atom stereocenters. The Morgan fingerprint density at radius 2 is 1.77 bits per heavy atom. The zero-order valence-corrected chi connectivity index (χ0v) is 11.8. The first kappa shape index (κ1) is 11.8. The minimum atomic E-state index is -0.541. The minimum absolute atomic E-state index is 0.0527. The average molecular weight is 287 g/mol. The van der Waals surface area contributed by atoms with Gasteiger partial charge < -0.3 is 4.42 Å². The predicted octanol–water partition coefficient (Wildman–Crippen LogP) is 3.74. The molecule has 2 aliphatic heterocycles. The molecule has 0 saturated heterocycles. The van der Waals surface area contributed by atoms with E-state index in [9.17, 15) is 4.79 Å². The highest BCUT2D eigenvalue weighted by atomic mass is 16.3. The highest BCUT2D eigenvalue weighted by Gasteiger charge is 2.57. The Morgan fingerprint density at radius 1 is 0.955 bits per heavy atom. The van der Waals surface area contributed by atoms with Crippen molar-refractivity contribution in [1.82, 2.24) is 0 Å². The maximum Gasteiger partial charge on any atom is 0.259 e. The summed E-state index contributed by atoms with van der Waals surface area (Å²) < 4.78 is 5.76. The number of amides is 1. The Morgan fingerprint density at radius 3 is 2.64 bits per heavy atom. The second kappa shape index (κ2) is 3.89. The smallest absolute Gasteiger partial charge is 0.259 e. The number of rotatable bonds is 1. The number of hydrogen-bond donors (Lipinski definition) is 0. The molecule has 0 unspecified atom stereocenters. The average Bonchev–Trinajstić information content (AvgIpc) is 3.24. The molecule has 0 saturated carbocycles. The Labute approximate surface area is 127 Å². The topological polar surface area (TPSA) is 33.5 Å². The van der Waals surface area contributed by atoms with Crippen LogP contribution in [0.5, 0.6) is 0 Å². The van der Waals surface area contributed by atoms with E-state index in [0.717, 1.165) is 29.0 Å². The first-order valence-corrected chi connectivity index (χ1v) is 7.38. The highest BCUT2D eigenvalue weighted by molar-refractivity contribution is 6.14. The van der Waals surface area contributed by atoms with E-state index in [1.165, 1.54) is 5.56 Å². The van der Waals surface area contributed by atoms with Crippen LogP contribution in [0.15, 0.2) is 71.3 Å². The Bertz CT molecular complexity index is 897. The summed E-state index contributed by atoms with van der Waals surface area (Å²) in [7, 11) is 0. The van der Waals surface area contributed by atoms with Crippen molar-refractivity contribution < 1.29 is 9.21 Å². The van der Waals surface area contributed by atoms with Gasteiger partial charge in [-0.15, -0.1) is 0 Å². The lowest BCUT2D eigenvalue weighted by molar-refractivity contribution is 0.0982. The molecule has 3 heteroatoms. The summed E-state index contributed by atoms with van der Waals surface area (Å²) in [5, 5.41) is 0. The van der Waals surface area contributed by atoms with Gasteiger partial charge in [0.05, 0.1) is 6.26 Å². The standard InChI is InChI=1S/C19H13NO2/c21-18-14-7-2-3-8-15(14)19(17-10-5-11-22-17)12-13-6-1-4-9-16(13)20(18)19/h1-11H,12H2/t19-/m1/s1. The minimum Gasteiger partial charge on any atom is -0.466 e. The lowest BCUT2D eigenvalue weighted by Crippen LogP contribution is -2.42. The summed E-state index contributed by atoms with van der Waals surface area (Å²) >= 11 is 0. The van der Waals surface area contributed by atoms with Crippen LogP contribution in [-0.4, -0.2) is 5.91 Å². The summed E-state index contributed by atoms with van der Waals surface area (Å²) in [6.45, 7) is 0. The molecule has 0 bridgehead atoms. The van der Waals surface area contributed by atoms with E-state index in [4.69, 9.17) is 4.42 Å². The maximum absolute atomic E-state index is 13.0. The molecule has 3 aromatic rings. The zero-order chi connectivity index (χ0) is 14.7. The van der Waals surface area contributed by atoms with E-state index in [-0.39, 0.29) is 5.91 Å². The molecular weight excluding hydrogens is 274 g/mol. The third-order valence-electron chi connectivity index (χ3n) is 4.80. The third kappa shape index (κ3) is 1.20. The lowest BCUT2D eigenvalue weighted by Gasteiger charge is -2.31. The van der Waals surface area contributed by atoms with Crippen molar-refractivity contribution >= 4 is 11.6 Å². The molecule has 1 amide bonds. The molecular formula is C19H13NO2. The largest absolute Gasteiger partial charge is 0.466 e. The van der Waals surface area contributed by atoms with Crippen LogP contribution in [0.3, 0.4) is 0 Å². The molecule has 0 aliphatic carbocycles. The van der Waals surface area contributed by atoms with Crippen LogP contribution < -0.4 is 4.90 Å². The van der Waals surface area contributed by atoms with Gasteiger partial charge in [0.15, 0.2) is 0 Å². The van der Waals surface area contributed by atoms with Crippen molar-refractivity contribution in [3.05, 3.63) is 89.4 Å². The Kier molecular flexibility index (Phi) is 2.09. The van der Waals surface area contributed by atoms with Gasteiger partial charge in [0, 0.05) is 17.7 Å². The molecule has 3 nitrogen and oxygen atoms in total. The molecule has 2 aromatic carbocycles. The number of para-hydroxylation sites is 1. The summed E-state index contributed by atoms with van der Waals surface area (Å²) in [6.07, 6.45) is 2.43. The molecule has 0 N–H and O–H groups in total. The van der Waals surface area contributed by atoms with Crippen LogP contribution in [0.4, 0.5) is 5.69 Å². The number of benzene rings is 2. The fraction of sp³-hybridized carbons (Fsp3) is 0.105. The summed E-state index contributed by atoms with van der Waals surface area (Å²) in [5.41, 5.74) is 3.43. The van der Waals surface area contributed by atoms with Crippen molar-refractivity contribution in [2.75, 3.05) is 4.90 Å². The van der Waals surface area contributed by atoms with Crippen LogP contribution in [0.25, 0.3) is 0 Å². The monoisotopic (exact) mass is 287 g/mol. The number of fused-ring (bicyclic) bond motifs is 5. The molecule has 22 heavy (non-hydrogen) atoms. The van der Waals surface area contributed by atoms with Crippen molar-refractivity contribution in [1.29, 1.82) is 0 Å². The molecule has 1 aromatic heterocycles. The van der Waals surface area contributed by atoms with Gasteiger partial charge in [-0.25, -0.2) is 0 Å². The van der Waals surface area contributed by atoms with E-state index < -0.39 is 5.54 Å². The van der Waals surface area contributed by atoms with Crippen LogP contribution in [0, 0.1) is 0 Å². The van der Waals surface area contributed by atoms with Gasteiger partial charge in [0.2, 0.25) is 0 Å². The van der Waals surface area contributed by atoms with Crippen molar-refractivity contribution in [2.45, 2.75) is 12.0 Å². The quantitative estimate of drug-likeness (QED) is 0.683.